The molecule has 1 aromatic rings. The molecule has 4 N–H and O–H groups in total. The lowest BCUT2D eigenvalue weighted by atomic mass is 9.93. The molecule has 114 valence electrons. The number of carbonyl (C=O) groups is 2. The van der Waals surface area contributed by atoms with Gasteiger partial charge in [-0.25, -0.2) is 4.79 Å². The minimum absolute atomic E-state index is 0.485. The molecule has 6 nitrogen and oxygen atoms in total. The standard InChI is InChI=1S/C9H13NO3.C2HF3O2/c1-2-7(9(11)12)8(10)6-3-4-13-5-6;3-2(4,5)1(6)7/h3-5,7-8H,2,10H2,1H3,(H,11,12);(H,6,7). The maximum Gasteiger partial charge on any atom is 0.490 e. The number of alkyl halides is 3. The first-order chi connectivity index (χ1) is 9.11. The van der Waals surface area contributed by atoms with E-state index in [0.29, 0.717) is 6.42 Å². The van der Waals surface area contributed by atoms with Gasteiger partial charge in [0.05, 0.1) is 18.4 Å². The Morgan fingerprint density at radius 3 is 2.15 bits per heavy atom. The van der Waals surface area contributed by atoms with Crippen LogP contribution in [0.3, 0.4) is 0 Å². The summed E-state index contributed by atoms with van der Waals surface area (Å²) in [5.41, 5.74) is 6.49. The van der Waals surface area contributed by atoms with Gasteiger partial charge in [0.2, 0.25) is 0 Å². The fraction of sp³-hybridized carbons (Fsp3) is 0.455. The molecule has 0 bridgehead atoms. The predicted molar refractivity (Wildman–Crippen MR) is 60.7 cm³/mol. The number of halogens is 3. The van der Waals surface area contributed by atoms with Crippen LogP contribution in [0.25, 0.3) is 0 Å². The number of rotatable bonds is 4. The Morgan fingerprint density at radius 1 is 1.40 bits per heavy atom. The Morgan fingerprint density at radius 2 is 1.90 bits per heavy atom. The number of aliphatic carboxylic acids is 2. The molecule has 0 saturated heterocycles. The second-order valence-electron chi connectivity index (χ2n) is 3.74. The quantitative estimate of drug-likeness (QED) is 0.783. The molecule has 1 aromatic heterocycles. The normalized spacial score (nSPS) is 13.8. The van der Waals surface area contributed by atoms with E-state index in [1.807, 2.05) is 0 Å². The Balaban J connectivity index is 0.000000441. The SMILES string of the molecule is CCC(C(=O)O)C(N)c1ccoc1.O=C(O)C(F)(F)F. The average molecular weight is 297 g/mol. The third-order valence-electron chi connectivity index (χ3n) is 2.36. The van der Waals surface area contributed by atoms with Crippen molar-refractivity contribution in [1.82, 2.24) is 0 Å². The van der Waals surface area contributed by atoms with Gasteiger partial charge >= 0.3 is 18.1 Å². The molecule has 20 heavy (non-hydrogen) atoms. The first-order valence-corrected chi connectivity index (χ1v) is 5.41. The molecule has 0 fully saturated rings. The van der Waals surface area contributed by atoms with Crippen molar-refractivity contribution in [2.75, 3.05) is 0 Å². The van der Waals surface area contributed by atoms with Crippen molar-refractivity contribution < 1.29 is 37.4 Å². The van der Waals surface area contributed by atoms with Crippen LogP contribution in [0.1, 0.15) is 24.9 Å². The second-order valence-corrected chi connectivity index (χ2v) is 3.74. The number of carboxylic acids is 2. The van der Waals surface area contributed by atoms with Crippen molar-refractivity contribution in [1.29, 1.82) is 0 Å². The summed E-state index contributed by atoms with van der Waals surface area (Å²) in [7, 11) is 0. The van der Waals surface area contributed by atoms with Crippen LogP contribution < -0.4 is 5.73 Å². The van der Waals surface area contributed by atoms with E-state index in [1.54, 1.807) is 13.0 Å². The zero-order valence-electron chi connectivity index (χ0n) is 10.4. The molecule has 9 heteroatoms. The van der Waals surface area contributed by atoms with Crippen molar-refractivity contribution in [2.45, 2.75) is 25.6 Å². The number of hydrogen-bond acceptors (Lipinski definition) is 4. The van der Waals surface area contributed by atoms with E-state index in [9.17, 15) is 18.0 Å². The summed E-state index contributed by atoms with van der Waals surface area (Å²) in [6, 6.07) is 1.21. The van der Waals surface area contributed by atoms with E-state index in [4.69, 9.17) is 25.2 Å². The van der Waals surface area contributed by atoms with E-state index < -0.39 is 30.1 Å². The summed E-state index contributed by atoms with van der Waals surface area (Å²) in [4.78, 5) is 19.7. The van der Waals surface area contributed by atoms with Crippen molar-refractivity contribution in [3.8, 4) is 0 Å². The van der Waals surface area contributed by atoms with Crippen LogP contribution in [0, 0.1) is 5.92 Å². The maximum atomic E-state index is 10.8. The second kappa shape index (κ2) is 7.53. The molecule has 1 rings (SSSR count). The van der Waals surface area contributed by atoms with E-state index in [-0.39, 0.29) is 0 Å². The Kier molecular flexibility index (Phi) is 6.77. The summed E-state index contributed by atoms with van der Waals surface area (Å²) >= 11 is 0. The fourth-order valence-electron chi connectivity index (χ4n) is 1.28. The van der Waals surface area contributed by atoms with Gasteiger partial charge in [-0.2, -0.15) is 13.2 Å². The van der Waals surface area contributed by atoms with Gasteiger partial charge in [0.1, 0.15) is 0 Å². The molecule has 0 spiro atoms. The third-order valence-corrected chi connectivity index (χ3v) is 2.36. The zero-order chi connectivity index (χ0) is 15.9. The third kappa shape index (κ3) is 5.74. The average Bonchev–Trinajstić information content (AvgIpc) is 2.81. The van der Waals surface area contributed by atoms with Crippen LogP contribution in [0.2, 0.25) is 0 Å². The van der Waals surface area contributed by atoms with Gasteiger partial charge in [0, 0.05) is 11.6 Å². The number of carboxylic acid groups (broad SMARTS) is 2. The summed E-state index contributed by atoms with van der Waals surface area (Å²) in [6.45, 7) is 1.80. The van der Waals surface area contributed by atoms with Gasteiger partial charge in [-0.1, -0.05) is 6.92 Å². The largest absolute Gasteiger partial charge is 0.490 e. The van der Waals surface area contributed by atoms with Gasteiger partial charge in [0.25, 0.3) is 0 Å². The van der Waals surface area contributed by atoms with Crippen molar-refractivity contribution in [2.24, 2.45) is 11.7 Å². The van der Waals surface area contributed by atoms with Crippen LogP contribution in [-0.4, -0.2) is 28.3 Å². The number of furan rings is 1. The highest BCUT2D eigenvalue weighted by Crippen LogP contribution is 2.22. The van der Waals surface area contributed by atoms with E-state index in [2.05, 4.69) is 0 Å². The van der Waals surface area contributed by atoms with E-state index >= 15 is 0 Å². The lowest BCUT2D eigenvalue weighted by Crippen LogP contribution is -2.27. The molecule has 0 radical (unpaired) electrons. The van der Waals surface area contributed by atoms with Crippen LogP contribution in [0.15, 0.2) is 23.0 Å². The summed E-state index contributed by atoms with van der Waals surface area (Å²) < 4.78 is 36.6. The predicted octanol–water partition coefficient (Wildman–Crippen LogP) is 2.02. The smallest absolute Gasteiger partial charge is 0.481 e. The summed E-state index contributed by atoms with van der Waals surface area (Å²) in [5, 5.41) is 16.0. The topological polar surface area (TPSA) is 114 Å². The first kappa shape index (κ1) is 18.0. The van der Waals surface area contributed by atoms with Crippen molar-refractivity contribution in [3.63, 3.8) is 0 Å². The molecular weight excluding hydrogens is 283 g/mol. The molecule has 0 amide bonds. The molecule has 0 aliphatic carbocycles. The molecule has 2 atom stereocenters. The van der Waals surface area contributed by atoms with Crippen LogP contribution in [0.4, 0.5) is 13.2 Å². The molecule has 1 heterocycles. The molecule has 0 aliphatic rings. The lowest BCUT2D eigenvalue weighted by Gasteiger charge is -2.16. The van der Waals surface area contributed by atoms with Gasteiger partial charge in [-0.15, -0.1) is 0 Å². The van der Waals surface area contributed by atoms with Crippen LogP contribution >= 0.6 is 0 Å². The minimum atomic E-state index is -5.08. The Hall–Kier alpha value is -2.03. The van der Waals surface area contributed by atoms with Crippen molar-refractivity contribution >= 4 is 11.9 Å². The maximum absolute atomic E-state index is 10.8. The minimum Gasteiger partial charge on any atom is -0.481 e. The molecular formula is C11H14F3NO5. The fourth-order valence-corrected chi connectivity index (χ4v) is 1.28. The van der Waals surface area contributed by atoms with Crippen molar-refractivity contribution in [3.05, 3.63) is 24.2 Å². The van der Waals surface area contributed by atoms with E-state index in [0.717, 1.165) is 5.56 Å². The summed E-state index contributed by atoms with van der Waals surface area (Å²) in [6.07, 6.45) is -1.60. The number of nitrogens with two attached hydrogens (primary N) is 1. The van der Waals surface area contributed by atoms with Gasteiger partial charge in [-0.3, -0.25) is 4.79 Å². The van der Waals surface area contributed by atoms with E-state index in [1.165, 1.54) is 12.5 Å². The van der Waals surface area contributed by atoms with Crippen LogP contribution in [-0.2, 0) is 9.59 Å². The first-order valence-electron chi connectivity index (χ1n) is 5.41. The highest BCUT2D eigenvalue weighted by Gasteiger charge is 2.38. The lowest BCUT2D eigenvalue weighted by molar-refractivity contribution is -0.192. The monoisotopic (exact) mass is 297 g/mol. The van der Waals surface area contributed by atoms with Gasteiger partial charge in [-0.05, 0) is 12.5 Å². The highest BCUT2D eigenvalue weighted by molar-refractivity contribution is 5.73. The highest BCUT2D eigenvalue weighted by atomic mass is 19.4. The zero-order valence-corrected chi connectivity index (χ0v) is 10.4. The number of hydrogen-bond donors (Lipinski definition) is 3. The Labute approximate surface area is 112 Å². The molecule has 0 aliphatic heterocycles. The van der Waals surface area contributed by atoms with Gasteiger partial charge < -0.3 is 20.4 Å². The molecule has 0 aromatic carbocycles. The summed E-state index contributed by atoms with van der Waals surface area (Å²) in [5.74, 6) is -4.17. The molecule has 2 unspecified atom stereocenters. The van der Waals surface area contributed by atoms with Gasteiger partial charge in [0.15, 0.2) is 0 Å². The Bertz CT molecular complexity index is 430. The van der Waals surface area contributed by atoms with Crippen LogP contribution in [0.5, 0.6) is 0 Å². The molecule has 0 saturated carbocycles.